The van der Waals surface area contributed by atoms with Gasteiger partial charge in [-0.2, -0.15) is 4.58 Å². The second-order valence-electron chi connectivity index (χ2n) is 15.1. The van der Waals surface area contributed by atoms with Crippen molar-refractivity contribution in [3.8, 4) is 0 Å². The number of likely N-dealkylation sites (N-methyl/N-ethyl adjacent to an activating group) is 1. The third-order valence-corrected chi connectivity index (χ3v) is 12.9. The van der Waals surface area contributed by atoms with E-state index in [1.807, 2.05) is 42.5 Å². The number of hydrogen-bond donors (Lipinski definition) is 3. The van der Waals surface area contributed by atoms with Crippen molar-refractivity contribution in [1.82, 2.24) is 5.32 Å². The summed E-state index contributed by atoms with van der Waals surface area (Å²) in [5.74, 6) is -1.24. The predicted molar refractivity (Wildman–Crippen MR) is 228 cm³/mol. The zero-order chi connectivity index (χ0) is 43.4. The van der Waals surface area contributed by atoms with E-state index in [0.717, 1.165) is 66.1 Å². The van der Waals surface area contributed by atoms with Crippen molar-refractivity contribution in [2.45, 2.75) is 83.8 Å². The molecular formula is C44H62N4O10P+. The Morgan fingerprint density at radius 1 is 0.949 bits per heavy atom. The van der Waals surface area contributed by atoms with E-state index in [4.69, 9.17) is 24.3 Å². The summed E-state index contributed by atoms with van der Waals surface area (Å²) in [6.07, 6.45) is 12.6. The van der Waals surface area contributed by atoms with Crippen molar-refractivity contribution in [3.63, 3.8) is 0 Å². The molecule has 3 atom stereocenters. The van der Waals surface area contributed by atoms with E-state index >= 15 is 0 Å². The Bertz CT molecular complexity index is 2010. The van der Waals surface area contributed by atoms with Crippen LogP contribution in [0, 0.1) is 0 Å². The number of aliphatic hydroxyl groups is 1. The summed E-state index contributed by atoms with van der Waals surface area (Å²) in [5.41, 5.74) is 11.3. The van der Waals surface area contributed by atoms with Crippen molar-refractivity contribution < 1.29 is 51.9 Å². The molecule has 0 bridgehead atoms. The van der Waals surface area contributed by atoms with Crippen LogP contribution < -0.4 is 21.3 Å². The van der Waals surface area contributed by atoms with Gasteiger partial charge in [0.25, 0.3) is 0 Å². The van der Waals surface area contributed by atoms with Gasteiger partial charge in [0.1, 0.15) is 13.2 Å². The van der Waals surface area contributed by atoms with Crippen molar-refractivity contribution in [2.24, 2.45) is 5.73 Å². The molecule has 2 heterocycles. The zero-order valence-electron chi connectivity index (χ0n) is 35.7. The normalized spacial score (nSPS) is 19.3. The van der Waals surface area contributed by atoms with E-state index in [1.54, 1.807) is 12.1 Å². The monoisotopic (exact) mass is 837 g/mol. The summed E-state index contributed by atoms with van der Waals surface area (Å²) in [6, 6.07) is 11.2. The number of allylic oxidation sites excluding steroid dienone is 6. The van der Waals surface area contributed by atoms with Crippen molar-refractivity contribution in [3.05, 3.63) is 89.2 Å². The highest BCUT2D eigenvalue weighted by Gasteiger charge is 2.45. The molecule has 4 rings (SSSR count). The number of hydrogen-bond acceptors (Lipinski definition) is 12. The number of ether oxygens (including phenoxy) is 3. The molecule has 0 aromatic heterocycles. The van der Waals surface area contributed by atoms with E-state index in [1.165, 1.54) is 21.3 Å². The van der Waals surface area contributed by atoms with Crippen molar-refractivity contribution >= 4 is 47.8 Å². The number of fused-ring (bicyclic) bond motifs is 2. The van der Waals surface area contributed by atoms with E-state index in [-0.39, 0.29) is 12.5 Å². The van der Waals surface area contributed by atoms with Crippen LogP contribution in [0.2, 0.25) is 0 Å². The van der Waals surface area contributed by atoms with E-state index in [2.05, 4.69) is 66.3 Å². The molecule has 4 N–H and O–H groups in total. The third-order valence-electron chi connectivity index (χ3n) is 11.1. The average molecular weight is 838 g/mol. The molecule has 1 amide bonds. The summed E-state index contributed by atoms with van der Waals surface area (Å²) < 4.78 is 41.8. The molecular weight excluding hydrogens is 775 g/mol. The summed E-state index contributed by atoms with van der Waals surface area (Å²) in [5, 5.41) is 13.8. The van der Waals surface area contributed by atoms with E-state index in [9.17, 15) is 24.1 Å². The molecule has 0 aliphatic carbocycles. The Balaban J connectivity index is 1.64. The Kier molecular flexibility index (Phi) is 17.0. The number of aliphatic hydroxyl groups excluding tert-OH is 1. The van der Waals surface area contributed by atoms with Crippen LogP contribution in [0.1, 0.15) is 89.7 Å². The number of unbranched alkanes of at least 4 members (excludes halogenated alkanes) is 2. The molecule has 59 heavy (non-hydrogen) atoms. The fourth-order valence-electron chi connectivity index (χ4n) is 7.83. The lowest BCUT2D eigenvalue weighted by molar-refractivity contribution is -0.433. The van der Waals surface area contributed by atoms with Crippen LogP contribution in [-0.2, 0) is 53.0 Å². The topological polar surface area (TPSA) is 179 Å². The van der Waals surface area contributed by atoms with Gasteiger partial charge in [-0.1, -0.05) is 31.1 Å². The maximum atomic E-state index is 13.9. The predicted octanol–water partition coefficient (Wildman–Crippen LogP) is 5.74. The number of carbonyl (C=O) groups excluding carboxylic acids is 3. The van der Waals surface area contributed by atoms with Crippen LogP contribution in [0.15, 0.2) is 72.5 Å². The van der Waals surface area contributed by atoms with Crippen LogP contribution in [0.25, 0.3) is 0 Å². The second kappa shape index (κ2) is 21.2. The van der Waals surface area contributed by atoms with Crippen molar-refractivity contribution in [1.29, 1.82) is 0 Å². The molecule has 2 aromatic rings. The molecule has 0 saturated heterocycles. The first-order valence-corrected chi connectivity index (χ1v) is 21.7. The molecule has 2 aliphatic heterocycles. The quantitative estimate of drug-likeness (QED) is 0.0328. The van der Waals surface area contributed by atoms with Gasteiger partial charge in [-0.05, 0) is 89.4 Å². The number of esters is 2. The molecule has 0 radical (unpaired) electrons. The van der Waals surface area contributed by atoms with Gasteiger partial charge in [0.15, 0.2) is 18.6 Å². The highest BCUT2D eigenvalue weighted by molar-refractivity contribution is 7.62. The Morgan fingerprint density at radius 2 is 1.68 bits per heavy atom. The highest BCUT2D eigenvalue weighted by atomic mass is 31.2. The van der Waals surface area contributed by atoms with Gasteiger partial charge >= 0.3 is 19.5 Å². The van der Waals surface area contributed by atoms with Gasteiger partial charge in [0.05, 0.1) is 24.9 Å². The Morgan fingerprint density at radius 3 is 2.34 bits per heavy atom. The standard InChI is InChI=1S/C44H61N4O10P/c1-9-47-35-22-20-31(42(52)57-29-40(50)54-6)27-33(35)43(3,4)37(47)17-13-11-14-18-38-44(5,24-16-12-15-19-39(49)46-26-25-45)34-28-32(21-23-36(34)48(38)10-2)59(53,56-8)58-30-41(51)55-7/h11,13-14,17-18,20-23,27-28,42,52H,9-10,12,15-16,19,24-26,29-30,45H2,1-8H3/p+1. The Labute approximate surface area is 348 Å². The van der Waals surface area contributed by atoms with Crippen molar-refractivity contribution in [2.75, 3.05) is 65.6 Å². The smallest absolute Gasteiger partial charge is 0.361 e. The summed E-state index contributed by atoms with van der Waals surface area (Å²) >= 11 is 0. The van der Waals surface area contributed by atoms with Crippen LogP contribution in [0.3, 0.4) is 0 Å². The Hall–Kier alpha value is -4.43. The molecule has 0 fully saturated rings. The number of benzene rings is 2. The number of rotatable bonds is 22. The lowest BCUT2D eigenvalue weighted by Gasteiger charge is -2.30. The first-order valence-electron chi connectivity index (χ1n) is 20.1. The second-order valence-corrected chi connectivity index (χ2v) is 17.2. The summed E-state index contributed by atoms with van der Waals surface area (Å²) in [4.78, 5) is 37.9. The number of anilines is 1. The number of methoxy groups -OCH3 is 2. The molecule has 2 aliphatic rings. The molecule has 322 valence electrons. The fourth-order valence-corrected chi connectivity index (χ4v) is 9.12. The number of nitrogens with one attached hydrogen (secondary N) is 1. The zero-order valence-corrected chi connectivity index (χ0v) is 36.6. The number of nitrogens with zero attached hydrogens (tertiary/aromatic N) is 2. The van der Waals surface area contributed by atoms with Gasteiger partial charge in [0, 0.05) is 73.2 Å². The molecule has 0 saturated carbocycles. The highest BCUT2D eigenvalue weighted by Crippen LogP contribution is 2.53. The molecule has 2 aromatic carbocycles. The molecule has 3 unspecified atom stereocenters. The summed E-state index contributed by atoms with van der Waals surface area (Å²) in [7, 11) is -0.0661. The van der Waals surface area contributed by atoms with Gasteiger partial charge in [-0.3, -0.25) is 13.9 Å². The lowest BCUT2D eigenvalue weighted by Crippen LogP contribution is -2.29. The van der Waals surface area contributed by atoms with Gasteiger partial charge < -0.3 is 39.8 Å². The minimum atomic E-state index is -3.87. The molecule has 0 spiro atoms. The van der Waals surface area contributed by atoms with E-state index in [0.29, 0.717) is 36.9 Å². The van der Waals surface area contributed by atoms with Crippen LogP contribution in [-0.4, -0.2) is 94.0 Å². The number of amides is 1. The van der Waals surface area contributed by atoms with Gasteiger partial charge in [0.2, 0.25) is 11.6 Å². The van der Waals surface area contributed by atoms with Crippen LogP contribution in [0.4, 0.5) is 11.4 Å². The maximum Gasteiger partial charge on any atom is 0.361 e. The average Bonchev–Trinajstić information content (AvgIpc) is 3.61. The third kappa shape index (κ3) is 10.9. The van der Waals surface area contributed by atoms with Crippen LogP contribution in [0.5, 0.6) is 0 Å². The number of carbonyl (C=O) groups is 3. The molecule has 15 heteroatoms. The van der Waals surface area contributed by atoms with Gasteiger partial charge in [-0.15, -0.1) is 0 Å². The first-order chi connectivity index (χ1) is 28.1. The first kappa shape index (κ1) is 47.3. The maximum absolute atomic E-state index is 13.9. The minimum Gasteiger partial charge on any atom is -0.467 e. The van der Waals surface area contributed by atoms with Gasteiger partial charge in [-0.25, -0.2) is 9.59 Å². The largest absolute Gasteiger partial charge is 0.467 e. The lowest BCUT2D eigenvalue weighted by atomic mass is 9.77. The minimum absolute atomic E-state index is 0.00794. The fraction of sp³-hybridized carbons (Fsp3) is 0.500. The SMILES string of the molecule is CCN1/C(=C/C=C/C=C/C2=[N+](CC)c3ccc(C(O)OCC(=O)OC)cc3C2(C)C)C(C)(CCCCCC(=O)NCCN)c2cc(P(=O)(OC)OCC(=O)OC)ccc21. The van der Waals surface area contributed by atoms with E-state index < -0.39 is 43.3 Å². The molecule has 14 nitrogen and oxygen atoms in total. The summed E-state index contributed by atoms with van der Waals surface area (Å²) in [6.45, 7) is 12.0. The number of nitrogens with two attached hydrogens (primary N) is 1. The van der Waals surface area contributed by atoms with Crippen LogP contribution >= 0.6 is 7.60 Å².